The average molecular weight is 619 g/mol. The number of carbonyl (C=O) groups is 1. The predicted molar refractivity (Wildman–Crippen MR) is 137 cm³/mol. The zero-order chi connectivity index (χ0) is 27.1. The molecule has 8 nitrogen and oxygen atoms in total. The van der Waals surface area contributed by atoms with Crippen LogP contribution in [0.4, 0.5) is 29.5 Å². The molecule has 1 aliphatic heterocycles. The molecule has 0 unspecified atom stereocenters. The van der Waals surface area contributed by atoms with Crippen LogP contribution in [0.25, 0.3) is 0 Å². The SMILES string of the molecule is CC1(C)CCN1Cc1c(F)cccc1CNc1cc(F)c(S(=O)(=O)N(C(=O)O)c2cscn2)c(F)c1Br. The highest BCUT2D eigenvalue weighted by atomic mass is 79.9. The summed E-state index contributed by atoms with van der Waals surface area (Å²) in [4.78, 5) is 16.0. The quantitative estimate of drug-likeness (QED) is 0.308. The molecule has 0 aliphatic carbocycles. The maximum absolute atomic E-state index is 15.3. The highest BCUT2D eigenvalue weighted by Gasteiger charge is 2.39. The summed E-state index contributed by atoms with van der Waals surface area (Å²) in [7, 11) is -5.21. The number of amides is 1. The molecular weight excluding hydrogens is 597 g/mol. The molecule has 0 bridgehead atoms. The minimum absolute atomic E-state index is 0.00892. The Balaban J connectivity index is 1.64. The first-order valence-electron chi connectivity index (χ1n) is 10.9. The van der Waals surface area contributed by atoms with Gasteiger partial charge < -0.3 is 10.4 Å². The summed E-state index contributed by atoms with van der Waals surface area (Å²) in [5.74, 6) is -3.95. The third-order valence-corrected chi connectivity index (χ3v) is 9.36. The second-order valence-corrected chi connectivity index (χ2v) is 12.2. The van der Waals surface area contributed by atoms with Gasteiger partial charge in [-0.15, -0.1) is 15.6 Å². The van der Waals surface area contributed by atoms with Crippen LogP contribution in [0.15, 0.2) is 44.5 Å². The van der Waals surface area contributed by atoms with E-state index < -0.39 is 48.8 Å². The lowest BCUT2D eigenvalue weighted by Gasteiger charge is -2.48. The van der Waals surface area contributed by atoms with Gasteiger partial charge in [0.2, 0.25) is 0 Å². The van der Waals surface area contributed by atoms with Crippen LogP contribution in [0.5, 0.6) is 0 Å². The van der Waals surface area contributed by atoms with Crippen LogP contribution in [0, 0.1) is 17.5 Å². The molecule has 1 aliphatic rings. The number of nitrogens with zero attached hydrogens (tertiary/aromatic N) is 3. The Hall–Kier alpha value is -2.68. The number of carboxylic acid groups (broad SMARTS) is 1. The molecule has 4 rings (SSSR count). The van der Waals surface area contributed by atoms with Crippen molar-refractivity contribution < 1.29 is 31.5 Å². The van der Waals surface area contributed by atoms with Gasteiger partial charge in [-0.3, -0.25) is 4.90 Å². The lowest BCUT2D eigenvalue weighted by atomic mass is 9.88. The van der Waals surface area contributed by atoms with E-state index in [0.29, 0.717) is 17.7 Å². The second kappa shape index (κ2) is 10.2. The fraction of sp³-hybridized carbons (Fsp3) is 0.304. The van der Waals surface area contributed by atoms with Crippen molar-refractivity contribution in [1.82, 2.24) is 9.88 Å². The van der Waals surface area contributed by atoms with E-state index in [-0.39, 0.29) is 22.1 Å². The zero-order valence-electron chi connectivity index (χ0n) is 19.6. The molecule has 0 spiro atoms. The van der Waals surface area contributed by atoms with Gasteiger partial charge >= 0.3 is 6.09 Å². The van der Waals surface area contributed by atoms with Crippen LogP contribution >= 0.6 is 27.3 Å². The molecule has 0 atom stereocenters. The van der Waals surface area contributed by atoms with Gasteiger partial charge in [-0.25, -0.2) is 31.4 Å². The Morgan fingerprint density at radius 1 is 1.30 bits per heavy atom. The van der Waals surface area contributed by atoms with Gasteiger partial charge in [-0.1, -0.05) is 12.1 Å². The summed E-state index contributed by atoms with van der Waals surface area (Å²) < 4.78 is 70.3. The van der Waals surface area contributed by atoms with Gasteiger partial charge in [-0.2, -0.15) is 0 Å². The van der Waals surface area contributed by atoms with E-state index in [4.69, 9.17) is 0 Å². The molecule has 0 saturated carbocycles. The number of benzene rings is 2. The van der Waals surface area contributed by atoms with Gasteiger partial charge in [0, 0.05) is 36.1 Å². The third-order valence-electron chi connectivity index (χ3n) is 6.30. The third kappa shape index (κ3) is 5.19. The second-order valence-electron chi connectivity index (χ2n) is 8.98. The Morgan fingerprint density at radius 2 is 2.03 bits per heavy atom. The summed E-state index contributed by atoms with van der Waals surface area (Å²) >= 11 is 3.85. The maximum Gasteiger partial charge on any atom is 0.427 e. The monoisotopic (exact) mass is 618 g/mol. The minimum atomic E-state index is -5.21. The van der Waals surface area contributed by atoms with Gasteiger partial charge in [0.05, 0.1) is 15.7 Å². The smallest absolute Gasteiger partial charge is 0.427 e. The van der Waals surface area contributed by atoms with Crippen LogP contribution in [0.2, 0.25) is 0 Å². The predicted octanol–water partition coefficient (Wildman–Crippen LogP) is 5.79. The van der Waals surface area contributed by atoms with Crippen molar-refractivity contribution >= 4 is 54.9 Å². The lowest BCUT2D eigenvalue weighted by molar-refractivity contribution is 0.00687. The molecule has 2 N–H and O–H groups in total. The molecule has 2 aromatic carbocycles. The molecule has 1 aromatic heterocycles. The summed E-state index contributed by atoms with van der Waals surface area (Å²) in [6, 6.07) is 5.30. The van der Waals surface area contributed by atoms with Crippen molar-refractivity contribution in [2.45, 2.75) is 43.8 Å². The van der Waals surface area contributed by atoms with Gasteiger partial charge in [0.15, 0.2) is 16.5 Å². The first kappa shape index (κ1) is 27.4. The molecule has 1 fully saturated rings. The molecular formula is C23H22BrF3N4O4S2. The number of halogens is 4. The van der Waals surface area contributed by atoms with Crippen LogP contribution < -0.4 is 9.62 Å². The lowest BCUT2D eigenvalue weighted by Crippen LogP contribution is -2.55. The fourth-order valence-electron chi connectivity index (χ4n) is 4.00. The largest absolute Gasteiger partial charge is 0.464 e. The fourth-order valence-corrected chi connectivity index (χ4v) is 6.54. The first-order valence-corrected chi connectivity index (χ1v) is 14.1. The standard InChI is InChI=1S/C23H22BrF3N4O4S2/c1-23(2)6-7-30(23)10-14-13(4-3-5-15(14)25)9-28-17-8-16(26)21(20(27)19(17)24)37(34,35)31(22(32)33)18-11-36-12-29-18/h3-5,8,11-12,28H,6-7,9-10H2,1-2H3,(H,32,33). The Morgan fingerprint density at radius 3 is 2.59 bits per heavy atom. The molecule has 3 aromatic rings. The summed E-state index contributed by atoms with van der Waals surface area (Å²) in [6.45, 7) is 5.30. The van der Waals surface area contributed by atoms with Crippen molar-refractivity contribution in [2.75, 3.05) is 16.2 Å². The molecule has 2 heterocycles. The number of aromatic nitrogens is 1. The average Bonchev–Trinajstić information content (AvgIpc) is 3.32. The number of thiazole rings is 1. The van der Waals surface area contributed by atoms with Crippen molar-refractivity contribution in [3.8, 4) is 0 Å². The van der Waals surface area contributed by atoms with E-state index in [1.165, 1.54) is 17.6 Å². The highest BCUT2D eigenvalue weighted by Crippen LogP contribution is 2.36. The van der Waals surface area contributed by atoms with E-state index in [0.717, 1.165) is 35.7 Å². The van der Waals surface area contributed by atoms with E-state index >= 15 is 8.78 Å². The van der Waals surface area contributed by atoms with Gasteiger partial charge in [-0.05, 0) is 53.9 Å². The van der Waals surface area contributed by atoms with Crippen molar-refractivity contribution in [2.24, 2.45) is 0 Å². The van der Waals surface area contributed by atoms with Crippen molar-refractivity contribution in [1.29, 1.82) is 0 Å². The molecule has 37 heavy (non-hydrogen) atoms. The summed E-state index contributed by atoms with van der Waals surface area (Å²) in [5.41, 5.74) is 1.99. The summed E-state index contributed by atoms with van der Waals surface area (Å²) in [5, 5.41) is 13.4. The normalized spacial score (nSPS) is 15.3. The highest BCUT2D eigenvalue weighted by molar-refractivity contribution is 9.10. The number of nitrogens with one attached hydrogen (secondary N) is 1. The summed E-state index contributed by atoms with van der Waals surface area (Å²) in [6.07, 6.45) is -0.996. The topological polar surface area (TPSA) is 103 Å². The molecule has 0 radical (unpaired) electrons. The minimum Gasteiger partial charge on any atom is -0.464 e. The van der Waals surface area contributed by atoms with Gasteiger partial charge in [0.1, 0.15) is 11.6 Å². The first-order chi connectivity index (χ1) is 17.3. The van der Waals surface area contributed by atoms with Crippen LogP contribution in [-0.2, 0) is 23.1 Å². The Kier molecular flexibility index (Phi) is 7.57. The van der Waals surface area contributed by atoms with Gasteiger partial charge in [0.25, 0.3) is 10.0 Å². The van der Waals surface area contributed by atoms with Crippen molar-refractivity contribution in [3.63, 3.8) is 0 Å². The van der Waals surface area contributed by atoms with E-state index in [1.807, 2.05) is 0 Å². The van der Waals surface area contributed by atoms with E-state index in [2.05, 4.69) is 45.0 Å². The number of anilines is 2. The molecule has 14 heteroatoms. The molecule has 1 saturated heterocycles. The van der Waals surface area contributed by atoms with Crippen LogP contribution in [-0.4, -0.2) is 41.6 Å². The van der Waals surface area contributed by atoms with E-state index in [9.17, 15) is 22.7 Å². The number of rotatable bonds is 8. The van der Waals surface area contributed by atoms with Crippen LogP contribution in [0.3, 0.4) is 0 Å². The number of hydrogen-bond acceptors (Lipinski definition) is 7. The number of sulfonamides is 1. The Bertz CT molecular complexity index is 1450. The zero-order valence-corrected chi connectivity index (χ0v) is 22.9. The molecule has 1 amide bonds. The Labute approximate surface area is 223 Å². The van der Waals surface area contributed by atoms with Crippen molar-refractivity contribution in [3.05, 3.63) is 68.2 Å². The molecule has 198 valence electrons. The number of hydrogen-bond donors (Lipinski definition) is 2. The van der Waals surface area contributed by atoms with E-state index in [1.54, 1.807) is 6.07 Å². The maximum atomic E-state index is 15.3. The van der Waals surface area contributed by atoms with Crippen LogP contribution in [0.1, 0.15) is 31.4 Å². The number of likely N-dealkylation sites (tertiary alicyclic amines) is 1.